The number of hydrogen-bond acceptors (Lipinski definition) is 9. The second-order valence-electron chi connectivity index (χ2n) is 10.3. The summed E-state index contributed by atoms with van der Waals surface area (Å²) >= 11 is 0. The van der Waals surface area contributed by atoms with Crippen LogP contribution in [0.3, 0.4) is 0 Å². The molecule has 5 rings (SSSR count). The number of amides is 2. The lowest BCUT2D eigenvalue weighted by Gasteiger charge is -2.27. The SMILES string of the molecule is Cc1cc(COc2ccc(S(=O)(=O)C[C@H]3[C@@H](C(=O)NOC(=O)C(F)(F)F)CCN3C(=O)c3ccoc3)cc2)c2ccccc2n1. The van der Waals surface area contributed by atoms with E-state index in [4.69, 9.17) is 9.15 Å². The van der Waals surface area contributed by atoms with E-state index in [9.17, 15) is 36.0 Å². The average Bonchev–Trinajstić information content (AvgIpc) is 3.68. The molecule has 1 N–H and O–H groups in total. The van der Waals surface area contributed by atoms with Crippen LogP contribution in [-0.2, 0) is 30.9 Å². The molecule has 0 radical (unpaired) electrons. The van der Waals surface area contributed by atoms with Crippen LogP contribution in [0.2, 0.25) is 0 Å². The van der Waals surface area contributed by atoms with Gasteiger partial charge in [0.2, 0.25) is 0 Å². The van der Waals surface area contributed by atoms with Crippen molar-refractivity contribution in [3.05, 3.63) is 90.0 Å². The van der Waals surface area contributed by atoms with Crippen LogP contribution >= 0.6 is 0 Å². The predicted octanol–water partition coefficient (Wildman–Crippen LogP) is 4.16. The quantitative estimate of drug-likeness (QED) is 0.279. The summed E-state index contributed by atoms with van der Waals surface area (Å²) in [6.45, 7) is 1.97. The average molecular weight is 646 g/mol. The molecule has 1 aliphatic rings. The standard InChI is InChI=1S/C30H26F3N3O8S/c1-18-14-20(23-4-2-3-5-25(23)34-18)16-43-21-6-8-22(9-7-21)45(40,41)17-26-24(27(37)35-44-29(39)30(31,32)33)10-12-36(26)28(38)19-11-13-42-15-19/h2-9,11,13-15,24,26H,10,12,16-17H2,1H3,(H,35,37)/t24-,26-/m0/s1. The van der Waals surface area contributed by atoms with Crippen molar-refractivity contribution >= 4 is 38.5 Å². The van der Waals surface area contributed by atoms with E-state index in [0.29, 0.717) is 5.75 Å². The zero-order valence-electron chi connectivity index (χ0n) is 23.6. The molecule has 2 aromatic heterocycles. The number of carbonyl (C=O) groups excluding carboxylic acids is 3. The van der Waals surface area contributed by atoms with E-state index in [2.05, 4.69) is 9.82 Å². The number of alkyl halides is 3. The Balaban J connectivity index is 1.32. The number of rotatable bonds is 8. The Kier molecular flexibility index (Phi) is 8.82. The van der Waals surface area contributed by atoms with Crippen LogP contribution in [0, 0.1) is 12.8 Å². The molecule has 0 aliphatic carbocycles. The van der Waals surface area contributed by atoms with Gasteiger partial charge in [0.05, 0.1) is 40.0 Å². The first kappa shape index (κ1) is 31.5. The number of pyridine rings is 1. The topological polar surface area (TPSA) is 145 Å². The largest absolute Gasteiger partial charge is 0.493 e. The van der Waals surface area contributed by atoms with Gasteiger partial charge in [0.15, 0.2) is 9.84 Å². The van der Waals surface area contributed by atoms with E-state index >= 15 is 0 Å². The van der Waals surface area contributed by atoms with Gasteiger partial charge < -0.3 is 18.9 Å². The monoisotopic (exact) mass is 645 g/mol. The molecule has 0 bridgehead atoms. The minimum atomic E-state index is -5.37. The molecule has 1 fully saturated rings. The van der Waals surface area contributed by atoms with E-state index in [1.165, 1.54) is 42.1 Å². The van der Waals surface area contributed by atoms with E-state index in [0.717, 1.165) is 33.3 Å². The van der Waals surface area contributed by atoms with Crippen molar-refractivity contribution in [2.75, 3.05) is 12.3 Å². The normalized spacial score (nSPS) is 16.8. The fourth-order valence-electron chi connectivity index (χ4n) is 5.14. The summed E-state index contributed by atoms with van der Waals surface area (Å²) in [5.41, 5.74) is 4.05. The van der Waals surface area contributed by atoms with Gasteiger partial charge in [-0.05, 0) is 55.8 Å². The molecule has 4 aromatic rings. The predicted molar refractivity (Wildman–Crippen MR) is 151 cm³/mol. The highest BCUT2D eigenvalue weighted by molar-refractivity contribution is 7.91. The first-order valence-corrected chi connectivity index (χ1v) is 15.2. The van der Waals surface area contributed by atoms with Crippen molar-refractivity contribution in [1.82, 2.24) is 15.4 Å². The number of aromatic nitrogens is 1. The number of carbonyl (C=O) groups is 3. The molecule has 1 saturated heterocycles. The van der Waals surface area contributed by atoms with Gasteiger partial charge in [-0.3, -0.25) is 14.6 Å². The van der Waals surface area contributed by atoms with Crippen LogP contribution in [0.25, 0.3) is 10.9 Å². The molecular weight excluding hydrogens is 619 g/mol. The second-order valence-corrected chi connectivity index (χ2v) is 12.3. The molecule has 3 heterocycles. The number of benzene rings is 2. The number of para-hydroxylation sites is 1. The second kappa shape index (κ2) is 12.6. The minimum Gasteiger partial charge on any atom is -0.489 e. The smallest absolute Gasteiger partial charge is 0.489 e. The molecule has 11 nitrogen and oxygen atoms in total. The molecule has 0 unspecified atom stereocenters. The highest BCUT2D eigenvalue weighted by Gasteiger charge is 2.46. The third kappa shape index (κ3) is 7.09. The van der Waals surface area contributed by atoms with Crippen LogP contribution in [0.5, 0.6) is 5.75 Å². The summed E-state index contributed by atoms with van der Waals surface area (Å²) in [6.07, 6.45) is -3.09. The highest BCUT2D eigenvalue weighted by Crippen LogP contribution is 2.30. The van der Waals surface area contributed by atoms with Crippen molar-refractivity contribution in [3.8, 4) is 5.75 Å². The molecule has 2 atom stereocenters. The Labute approximate surface area is 254 Å². The number of sulfone groups is 1. The van der Waals surface area contributed by atoms with Crippen LogP contribution in [-0.4, -0.2) is 60.6 Å². The van der Waals surface area contributed by atoms with Crippen LogP contribution in [0.15, 0.2) is 82.5 Å². The van der Waals surface area contributed by atoms with Gasteiger partial charge in [0, 0.05) is 23.2 Å². The number of aryl methyl sites for hydroxylation is 1. The number of hydroxylamine groups is 1. The van der Waals surface area contributed by atoms with Crippen LogP contribution in [0.4, 0.5) is 13.2 Å². The molecule has 0 spiro atoms. The number of furan rings is 1. The Bertz CT molecular complexity index is 1830. The number of nitrogens with zero attached hydrogens (tertiary/aromatic N) is 2. The Hall–Kier alpha value is -4.92. The third-order valence-corrected chi connectivity index (χ3v) is 9.06. The molecule has 2 amide bonds. The lowest BCUT2D eigenvalue weighted by Crippen LogP contribution is -2.47. The Morgan fingerprint density at radius 3 is 2.51 bits per heavy atom. The first-order valence-electron chi connectivity index (χ1n) is 13.6. The molecule has 2 aromatic carbocycles. The summed E-state index contributed by atoms with van der Waals surface area (Å²) in [5, 5.41) is 0.917. The number of fused-ring (bicyclic) bond motifs is 1. The molecule has 236 valence electrons. The summed E-state index contributed by atoms with van der Waals surface area (Å²) in [6, 6.07) is 15.1. The van der Waals surface area contributed by atoms with E-state index in [1.54, 1.807) is 0 Å². The highest BCUT2D eigenvalue weighted by atomic mass is 32.2. The van der Waals surface area contributed by atoms with Gasteiger partial charge in [0.1, 0.15) is 18.6 Å². The summed E-state index contributed by atoms with van der Waals surface area (Å²) in [4.78, 5) is 46.4. The van der Waals surface area contributed by atoms with Gasteiger partial charge in [-0.1, -0.05) is 18.2 Å². The van der Waals surface area contributed by atoms with Gasteiger partial charge in [0.25, 0.3) is 11.8 Å². The number of hydrogen-bond donors (Lipinski definition) is 1. The Morgan fingerprint density at radius 2 is 1.82 bits per heavy atom. The van der Waals surface area contributed by atoms with Gasteiger partial charge in [-0.2, -0.15) is 18.7 Å². The van der Waals surface area contributed by atoms with E-state index in [1.807, 2.05) is 37.3 Å². The van der Waals surface area contributed by atoms with Crippen molar-refractivity contribution in [2.24, 2.45) is 5.92 Å². The maximum Gasteiger partial charge on any atom is 0.493 e. The maximum absolute atomic E-state index is 13.5. The Morgan fingerprint density at radius 1 is 1.09 bits per heavy atom. The van der Waals surface area contributed by atoms with Gasteiger partial charge in [-0.25, -0.2) is 13.2 Å². The first-order chi connectivity index (χ1) is 21.3. The van der Waals surface area contributed by atoms with Gasteiger partial charge in [-0.15, -0.1) is 0 Å². The van der Waals surface area contributed by atoms with Crippen molar-refractivity contribution in [2.45, 2.75) is 37.1 Å². The molecule has 45 heavy (non-hydrogen) atoms. The number of ether oxygens (including phenoxy) is 1. The molecular formula is C30H26F3N3O8S. The van der Waals surface area contributed by atoms with E-state index in [-0.39, 0.29) is 30.0 Å². The summed E-state index contributed by atoms with van der Waals surface area (Å²) in [7, 11) is -4.17. The number of likely N-dealkylation sites (tertiary alicyclic amines) is 1. The lowest BCUT2D eigenvalue weighted by molar-refractivity contribution is -0.208. The minimum absolute atomic E-state index is 0.0839. The molecule has 0 saturated carbocycles. The van der Waals surface area contributed by atoms with Crippen molar-refractivity contribution in [3.63, 3.8) is 0 Å². The number of nitrogens with one attached hydrogen (secondary N) is 1. The van der Waals surface area contributed by atoms with Crippen LogP contribution < -0.4 is 10.2 Å². The van der Waals surface area contributed by atoms with Crippen molar-refractivity contribution in [1.29, 1.82) is 0 Å². The molecule has 1 aliphatic heterocycles. The van der Waals surface area contributed by atoms with Crippen LogP contribution in [0.1, 0.15) is 28.0 Å². The zero-order chi connectivity index (χ0) is 32.4. The molecule has 15 heteroatoms. The van der Waals surface area contributed by atoms with Gasteiger partial charge >= 0.3 is 12.1 Å². The zero-order valence-corrected chi connectivity index (χ0v) is 24.4. The van der Waals surface area contributed by atoms with E-state index < -0.39 is 51.5 Å². The summed E-state index contributed by atoms with van der Waals surface area (Å²) < 4.78 is 75.5. The third-order valence-electron chi connectivity index (χ3n) is 7.28. The fourth-order valence-corrected chi connectivity index (χ4v) is 6.74. The fraction of sp³-hybridized carbons (Fsp3) is 0.267. The summed E-state index contributed by atoms with van der Waals surface area (Å²) in [5.74, 6) is -6.15. The van der Waals surface area contributed by atoms with Crippen molar-refractivity contribution < 1.29 is 50.0 Å². The maximum atomic E-state index is 13.5. The lowest BCUT2D eigenvalue weighted by atomic mass is 10.0. The number of halogens is 3.